The van der Waals surface area contributed by atoms with Gasteiger partial charge >= 0.3 is 5.97 Å². The van der Waals surface area contributed by atoms with E-state index in [4.69, 9.17) is 9.88 Å². The maximum atomic E-state index is 13.6. The summed E-state index contributed by atoms with van der Waals surface area (Å²) in [7, 11) is -3.73. The van der Waals surface area contributed by atoms with E-state index < -0.39 is 33.1 Å². The van der Waals surface area contributed by atoms with Crippen molar-refractivity contribution in [2.24, 2.45) is 39.1 Å². The van der Waals surface area contributed by atoms with E-state index in [1.807, 2.05) is 37.3 Å². The first-order valence-corrected chi connectivity index (χ1v) is 18.3. The Morgan fingerprint density at radius 2 is 1.80 bits per heavy atom. The molecule has 2 bridgehead atoms. The van der Waals surface area contributed by atoms with Crippen molar-refractivity contribution in [2.45, 2.75) is 88.3 Å². The van der Waals surface area contributed by atoms with E-state index >= 15 is 0 Å². The van der Waals surface area contributed by atoms with Gasteiger partial charge in [0.05, 0.1) is 16.8 Å². The number of benzene rings is 2. The van der Waals surface area contributed by atoms with Crippen molar-refractivity contribution in [1.82, 2.24) is 0 Å². The SMILES string of the molecule is C=C[C@]1(C)C[C@@H](OC(=O)CSc2ccc(CNc3ccc(S(N)(=O)=O)cc3)cc2)[C@]2(C)[C@H](C)CC[C@]3(CCC(=O)[C@H]32)[C@@H](C)[C@@H]1O. The Hall–Kier alpha value is -2.66. The number of thioether (sulfide) groups is 1. The summed E-state index contributed by atoms with van der Waals surface area (Å²) >= 11 is 1.40. The highest BCUT2D eigenvalue weighted by Crippen LogP contribution is 2.68. The van der Waals surface area contributed by atoms with Gasteiger partial charge in [-0.1, -0.05) is 45.9 Å². The molecule has 0 heterocycles. The summed E-state index contributed by atoms with van der Waals surface area (Å²) in [6.07, 6.45) is 4.16. The molecule has 5 rings (SSSR count). The molecule has 3 aliphatic carbocycles. The minimum Gasteiger partial charge on any atom is -0.461 e. The number of rotatable bonds is 9. The fraction of sp³-hybridized carbons (Fsp3) is 0.543. The molecule has 8 atom stereocenters. The molecular formula is C35H46N2O6S2. The first-order chi connectivity index (χ1) is 21.1. The van der Waals surface area contributed by atoms with Gasteiger partial charge in [-0.15, -0.1) is 18.3 Å². The van der Waals surface area contributed by atoms with E-state index in [1.165, 1.54) is 23.9 Å². The summed E-state index contributed by atoms with van der Waals surface area (Å²) in [5.41, 5.74) is 0.302. The van der Waals surface area contributed by atoms with Crippen molar-refractivity contribution in [3.8, 4) is 0 Å². The van der Waals surface area contributed by atoms with E-state index in [0.29, 0.717) is 19.4 Å². The molecule has 3 saturated carbocycles. The number of ketones is 1. The van der Waals surface area contributed by atoms with Crippen molar-refractivity contribution in [2.75, 3.05) is 11.1 Å². The number of nitrogens with two attached hydrogens (primary N) is 1. The minimum atomic E-state index is -3.73. The zero-order valence-corrected chi connectivity index (χ0v) is 28.3. The van der Waals surface area contributed by atoms with Gasteiger partial charge in [-0.2, -0.15) is 0 Å². The van der Waals surface area contributed by atoms with E-state index in [0.717, 1.165) is 35.4 Å². The molecule has 0 radical (unpaired) electrons. The van der Waals surface area contributed by atoms with E-state index in [1.54, 1.807) is 12.1 Å². The Labute approximate surface area is 271 Å². The molecule has 244 valence electrons. The lowest BCUT2D eigenvalue weighted by Gasteiger charge is -2.61. The summed E-state index contributed by atoms with van der Waals surface area (Å²) in [5, 5.41) is 20.1. The largest absolute Gasteiger partial charge is 0.461 e. The number of ether oxygens (including phenoxy) is 1. The molecule has 8 nitrogen and oxygen atoms in total. The number of carbonyl (C=O) groups is 2. The fourth-order valence-corrected chi connectivity index (χ4v) is 9.70. The molecule has 10 heteroatoms. The summed E-state index contributed by atoms with van der Waals surface area (Å²) in [6, 6.07) is 14.1. The number of hydrogen-bond donors (Lipinski definition) is 3. The summed E-state index contributed by atoms with van der Waals surface area (Å²) < 4.78 is 29.3. The number of aliphatic hydroxyl groups is 1. The van der Waals surface area contributed by atoms with Gasteiger partial charge in [0.2, 0.25) is 10.0 Å². The van der Waals surface area contributed by atoms with Crippen LogP contribution in [0.25, 0.3) is 0 Å². The maximum Gasteiger partial charge on any atom is 0.316 e. The average molecular weight is 655 g/mol. The molecule has 0 saturated heterocycles. The lowest BCUT2D eigenvalue weighted by Crippen LogP contribution is -2.63. The molecule has 0 aromatic heterocycles. The molecule has 45 heavy (non-hydrogen) atoms. The van der Waals surface area contributed by atoms with Crippen LogP contribution in [0, 0.1) is 34.0 Å². The molecule has 2 aromatic carbocycles. The van der Waals surface area contributed by atoms with Crippen LogP contribution in [-0.2, 0) is 30.9 Å². The second kappa shape index (κ2) is 12.5. The second-order valence-corrected chi connectivity index (χ2v) is 16.5. The third kappa shape index (κ3) is 6.23. The molecular weight excluding hydrogens is 609 g/mol. The first kappa shape index (κ1) is 33.7. The van der Waals surface area contributed by atoms with Gasteiger partial charge in [0.1, 0.15) is 11.9 Å². The van der Waals surface area contributed by atoms with Crippen LogP contribution in [0.5, 0.6) is 0 Å². The molecule has 2 aromatic rings. The highest BCUT2D eigenvalue weighted by molar-refractivity contribution is 8.00. The third-order valence-corrected chi connectivity index (χ3v) is 13.4. The van der Waals surface area contributed by atoms with Gasteiger partial charge in [-0.05, 0) is 84.9 Å². The smallest absolute Gasteiger partial charge is 0.316 e. The molecule has 0 spiro atoms. The Balaban J connectivity index is 1.26. The number of esters is 1. The van der Waals surface area contributed by atoms with E-state index in [-0.39, 0.29) is 45.6 Å². The molecule has 3 aliphatic rings. The van der Waals surface area contributed by atoms with Crippen LogP contribution in [-0.4, -0.2) is 43.2 Å². The number of anilines is 1. The number of nitrogens with one attached hydrogen (secondary N) is 1. The van der Waals surface area contributed by atoms with Crippen LogP contribution in [0.4, 0.5) is 5.69 Å². The topological polar surface area (TPSA) is 136 Å². The number of sulfonamides is 1. The Morgan fingerprint density at radius 1 is 1.13 bits per heavy atom. The molecule has 4 N–H and O–H groups in total. The summed E-state index contributed by atoms with van der Waals surface area (Å²) in [5.74, 6) is -0.0788. The van der Waals surface area contributed by atoms with Crippen LogP contribution < -0.4 is 10.5 Å². The van der Waals surface area contributed by atoms with Gasteiger partial charge in [-0.3, -0.25) is 9.59 Å². The minimum absolute atomic E-state index is 0.0619. The van der Waals surface area contributed by atoms with Crippen molar-refractivity contribution >= 4 is 39.2 Å². The molecule has 0 unspecified atom stereocenters. The normalized spacial score (nSPS) is 34.7. The molecule has 0 amide bonds. The van der Waals surface area contributed by atoms with Crippen molar-refractivity contribution in [3.05, 3.63) is 66.7 Å². The quantitative estimate of drug-likeness (QED) is 0.172. The van der Waals surface area contributed by atoms with E-state index in [2.05, 4.69) is 32.7 Å². The van der Waals surface area contributed by atoms with Crippen LogP contribution >= 0.6 is 11.8 Å². The van der Waals surface area contributed by atoms with Crippen LogP contribution in [0.1, 0.15) is 65.4 Å². The molecule has 3 fully saturated rings. The first-order valence-electron chi connectivity index (χ1n) is 15.8. The van der Waals surface area contributed by atoms with Gasteiger partial charge < -0.3 is 15.2 Å². The highest BCUT2D eigenvalue weighted by Gasteiger charge is 2.68. The number of hydrogen-bond acceptors (Lipinski definition) is 8. The van der Waals surface area contributed by atoms with Gasteiger partial charge in [0, 0.05) is 40.3 Å². The third-order valence-electron chi connectivity index (χ3n) is 11.5. The van der Waals surface area contributed by atoms with Crippen molar-refractivity contribution < 1.29 is 27.9 Å². The highest BCUT2D eigenvalue weighted by atomic mass is 32.2. The lowest BCUT2D eigenvalue weighted by atomic mass is 9.44. The fourth-order valence-electron chi connectivity index (χ4n) is 8.51. The predicted molar refractivity (Wildman–Crippen MR) is 177 cm³/mol. The van der Waals surface area contributed by atoms with Gasteiger partial charge in [0.15, 0.2) is 0 Å². The van der Waals surface area contributed by atoms with Crippen LogP contribution in [0.15, 0.2) is 71.0 Å². The van der Waals surface area contributed by atoms with Gasteiger partial charge in [-0.25, -0.2) is 13.6 Å². The Morgan fingerprint density at radius 3 is 2.42 bits per heavy atom. The number of primary sulfonamides is 1. The monoisotopic (exact) mass is 654 g/mol. The zero-order valence-electron chi connectivity index (χ0n) is 26.6. The van der Waals surface area contributed by atoms with Crippen LogP contribution in [0.2, 0.25) is 0 Å². The lowest BCUT2D eigenvalue weighted by molar-refractivity contribution is -0.205. The number of carbonyl (C=O) groups excluding carboxylic acids is 2. The molecule has 0 aliphatic heterocycles. The Kier molecular flexibility index (Phi) is 9.37. The predicted octanol–water partition coefficient (Wildman–Crippen LogP) is 5.94. The second-order valence-electron chi connectivity index (χ2n) is 13.9. The number of Topliss-reactive ketones (excluding diaryl/α,β-unsaturated/α-hetero) is 1. The number of aliphatic hydroxyl groups excluding tert-OH is 1. The zero-order chi connectivity index (χ0) is 32.8. The van der Waals surface area contributed by atoms with E-state index in [9.17, 15) is 23.1 Å². The van der Waals surface area contributed by atoms with Gasteiger partial charge in [0.25, 0.3) is 0 Å². The standard InChI is InChI=1S/C35H46N2O6S2/c1-6-33(4)19-29(34(5)22(2)15-17-35(23(3)32(33)40)18-16-28(38)31(34)35)43-30(39)21-44-26-11-7-24(8-12-26)20-37-25-9-13-27(14-10-25)45(36,41)42/h6-14,22-23,29,31-32,37,40H,1,15-21H2,2-5H3,(H2,36,41,42)/t22-,23+,29-,31+,32+,33-,34+,35+/m1/s1. The summed E-state index contributed by atoms with van der Waals surface area (Å²) in [4.78, 5) is 28.0. The Bertz CT molecular complexity index is 1540. The van der Waals surface area contributed by atoms with Crippen molar-refractivity contribution in [1.29, 1.82) is 0 Å². The van der Waals surface area contributed by atoms with Crippen molar-refractivity contribution in [3.63, 3.8) is 0 Å². The summed E-state index contributed by atoms with van der Waals surface area (Å²) in [6.45, 7) is 13.1. The van der Waals surface area contributed by atoms with Crippen LogP contribution in [0.3, 0.4) is 0 Å². The average Bonchev–Trinajstić information content (AvgIpc) is 3.37. The maximum absolute atomic E-state index is 13.6.